The van der Waals surface area contributed by atoms with Crippen molar-refractivity contribution in [2.75, 3.05) is 6.61 Å². The van der Waals surface area contributed by atoms with Crippen molar-refractivity contribution in [2.24, 2.45) is 5.92 Å². The van der Waals surface area contributed by atoms with Crippen LogP contribution in [0.1, 0.15) is 60.3 Å². The molecule has 5 heteroatoms. The Morgan fingerprint density at radius 2 is 1.54 bits per heavy atom. The predicted octanol–water partition coefficient (Wildman–Crippen LogP) is 6.83. The Balaban J connectivity index is 1.13. The molecule has 2 aliphatic heterocycles. The van der Waals surface area contributed by atoms with Gasteiger partial charge in [-0.05, 0) is 78.5 Å². The van der Waals surface area contributed by atoms with Crippen LogP contribution in [0.25, 0.3) is 11.1 Å². The highest BCUT2D eigenvalue weighted by Gasteiger charge is 2.44. The Labute approximate surface area is 217 Å². The number of hydrogen-bond acceptors (Lipinski definition) is 3. The van der Waals surface area contributed by atoms with Gasteiger partial charge >= 0.3 is 6.09 Å². The summed E-state index contributed by atoms with van der Waals surface area (Å²) < 4.78 is 20.0. The molecule has 190 valence electrons. The van der Waals surface area contributed by atoms with Crippen molar-refractivity contribution in [3.8, 4) is 11.1 Å². The second kappa shape index (κ2) is 9.77. The number of piperidine rings is 2. The minimum Gasteiger partial charge on any atom is -0.448 e. The van der Waals surface area contributed by atoms with Gasteiger partial charge in [-0.25, -0.2) is 9.18 Å². The first-order valence-electron chi connectivity index (χ1n) is 13.4. The lowest BCUT2D eigenvalue weighted by Crippen LogP contribution is -2.56. The first-order chi connectivity index (χ1) is 18.0. The molecular formula is C32H32FNO3. The van der Waals surface area contributed by atoms with E-state index < -0.39 is 0 Å². The van der Waals surface area contributed by atoms with E-state index in [1.54, 1.807) is 13.0 Å². The molecule has 2 fully saturated rings. The van der Waals surface area contributed by atoms with E-state index in [1.807, 2.05) is 35.2 Å². The van der Waals surface area contributed by atoms with Crippen LogP contribution < -0.4 is 0 Å². The zero-order chi connectivity index (χ0) is 25.5. The highest BCUT2D eigenvalue weighted by Crippen LogP contribution is 2.45. The van der Waals surface area contributed by atoms with Gasteiger partial charge in [-0.3, -0.25) is 4.79 Å². The number of fused-ring (bicyclic) bond motifs is 5. The van der Waals surface area contributed by atoms with E-state index in [2.05, 4.69) is 24.3 Å². The molecule has 2 atom stereocenters. The van der Waals surface area contributed by atoms with Crippen LogP contribution in [0.15, 0.2) is 66.7 Å². The number of nitrogens with zero attached hydrogens (tertiary/aromatic N) is 1. The number of halogens is 1. The van der Waals surface area contributed by atoms with E-state index in [-0.39, 0.29) is 48.0 Å². The zero-order valence-electron chi connectivity index (χ0n) is 21.2. The molecule has 2 saturated heterocycles. The lowest BCUT2D eigenvalue weighted by atomic mass is 9.76. The van der Waals surface area contributed by atoms with E-state index in [0.29, 0.717) is 25.0 Å². The molecule has 3 aromatic rings. The summed E-state index contributed by atoms with van der Waals surface area (Å²) >= 11 is 0. The van der Waals surface area contributed by atoms with Crippen molar-refractivity contribution in [3.05, 3.63) is 94.8 Å². The summed E-state index contributed by atoms with van der Waals surface area (Å²) in [5.74, 6) is -0.193. The summed E-state index contributed by atoms with van der Waals surface area (Å²) in [6, 6.07) is 21.8. The molecule has 0 saturated carbocycles. The monoisotopic (exact) mass is 497 g/mol. The highest BCUT2D eigenvalue weighted by molar-refractivity contribution is 5.84. The first kappa shape index (κ1) is 23.9. The van der Waals surface area contributed by atoms with Crippen LogP contribution in [0.5, 0.6) is 0 Å². The number of carbonyl (C=O) groups is 2. The van der Waals surface area contributed by atoms with Gasteiger partial charge in [0.25, 0.3) is 0 Å². The summed E-state index contributed by atoms with van der Waals surface area (Å²) in [5.41, 5.74) is 6.13. The molecule has 0 aromatic heterocycles. The lowest BCUT2D eigenvalue weighted by molar-refractivity contribution is -0.126. The minimum absolute atomic E-state index is 0.0202. The summed E-state index contributed by atoms with van der Waals surface area (Å²) in [7, 11) is 0. The molecule has 0 spiro atoms. The number of benzene rings is 3. The van der Waals surface area contributed by atoms with Crippen LogP contribution >= 0.6 is 0 Å². The van der Waals surface area contributed by atoms with Crippen molar-refractivity contribution in [3.63, 3.8) is 0 Å². The molecule has 0 N–H and O–H groups in total. The quantitative estimate of drug-likeness (QED) is 0.388. The number of ether oxygens (including phenoxy) is 1. The molecule has 2 bridgehead atoms. The number of rotatable bonds is 5. The fourth-order valence-electron chi connectivity index (χ4n) is 6.70. The third-order valence-electron chi connectivity index (χ3n) is 8.59. The number of ketones is 1. The maximum absolute atomic E-state index is 14.0. The number of hydrogen-bond donors (Lipinski definition) is 0. The van der Waals surface area contributed by atoms with Gasteiger partial charge < -0.3 is 9.64 Å². The molecule has 1 amide bonds. The molecular weight excluding hydrogens is 465 g/mol. The standard InChI is InChI=1S/C32H32FNO3/c1-20-13-14-21(15-30(20)33)16-31(35)22-17-23-7-6-8-24(18-22)34(23)32(36)37-19-29-27-11-4-2-9-25(27)26-10-3-5-12-28(26)29/h2-5,9-15,22-24,29H,6-8,16-19H2,1H3. The van der Waals surface area contributed by atoms with E-state index in [1.165, 1.54) is 28.3 Å². The number of amides is 1. The molecule has 3 aliphatic rings. The number of carbonyl (C=O) groups excluding carboxylic acids is 2. The van der Waals surface area contributed by atoms with Gasteiger partial charge in [0.15, 0.2) is 0 Å². The van der Waals surface area contributed by atoms with Gasteiger partial charge in [0.05, 0.1) is 0 Å². The largest absolute Gasteiger partial charge is 0.448 e. The van der Waals surface area contributed by atoms with Gasteiger partial charge in [0.1, 0.15) is 18.2 Å². The van der Waals surface area contributed by atoms with Gasteiger partial charge in [-0.2, -0.15) is 0 Å². The Kier molecular flexibility index (Phi) is 6.31. The Hall–Kier alpha value is -3.47. The third kappa shape index (κ3) is 4.45. The van der Waals surface area contributed by atoms with Crippen LogP contribution in [-0.4, -0.2) is 35.5 Å². The van der Waals surface area contributed by atoms with Gasteiger partial charge in [0.2, 0.25) is 0 Å². The normalized spacial score (nSPS) is 22.3. The van der Waals surface area contributed by atoms with Crippen LogP contribution in [0.3, 0.4) is 0 Å². The fourth-order valence-corrected chi connectivity index (χ4v) is 6.70. The molecule has 3 aromatic carbocycles. The van der Waals surface area contributed by atoms with Crippen LogP contribution in [-0.2, 0) is 16.0 Å². The molecule has 2 heterocycles. The smallest absolute Gasteiger partial charge is 0.410 e. The second-order valence-corrected chi connectivity index (χ2v) is 10.8. The average molecular weight is 498 g/mol. The van der Waals surface area contributed by atoms with E-state index >= 15 is 0 Å². The van der Waals surface area contributed by atoms with Crippen molar-refractivity contribution >= 4 is 11.9 Å². The van der Waals surface area contributed by atoms with Gasteiger partial charge in [0, 0.05) is 30.3 Å². The van der Waals surface area contributed by atoms with Gasteiger partial charge in [-0.15, -0.1) is 0 Å². The third-order valence-corrected chi connectivity index (χ3v) is 8.59. The molecule has 2 unspecified atom stereocenters. The Bertz CT molecular complexity index is 1290. The lowest BCUT2D eigenvalue weighted by Gasteiger charge is -2.47. The predicted molar refractivity (Wildman–Crippen MR) is 141 cm³/mol. The van der Waals surface area contributed by atoms with E-state index in [0.717, 1.165) is 24.8 Å². The molecule has 6 rings (SSSR count). The highest BCUT2D eigenvalue weighted by atomic mass is 19.1. The van der Waals surface area contributed by atoms with Crippen molar-refractivity contribution in [1.29, 1.82) is 0 Å². The van der Waals surface area contributed by atoms with Crippen LogP contribution in [0.2, 0.25) is 0 Å². The maximum Gasteiger partial charge on any atom is 0.410 e. The van der Waals surface area contributed by atoms with Crippen LogP contribution in [0, 0.1) is 18.7 Å². The van der Waals surface area contributed by atoms with E-state index in [9.17, 15) is 14.0 Å². The topological polar surface area (TPSA) is 46.6 Å². The molecule has 0 radical (unpaired) electrons. The Morgan fingerprint density at radius 1 is 0.919 bits per heavy atom. The Morgan fingerprint density at radius 3 is 2.16 bits per heavy atom. The zero-order valence-corrected chi connectivity index (χ0v) is 21.2. The fraction of sp³-hybridized carbons (Fsp3) is 0.375. The van der Waals surface area contributed by atoms with Crippen molar-refractivity contribution < 1.29 is 18.7 Å². The molecule has 37 heavy (non-hydrogen) atoms. The average Bonchev–Trinajstić information content (AvgIpc) is 3.22. The van der Waals surface area contributed by atoms with Crippen molar-refractivity contribution in [1.82, 2.24) is 4.90 Å². The number of Topliss-reactive ketones (excluding diaryl/α,β-unsaturated/α-hetero) is 1. The van der Waals surface area contributed by atoms with E-state index in [4.69, 9.17) is 4.74 Å². The summed E-state index contributed by atoms with van der Waals surface area (Å²) in [6.45, 7) is 2.03. The number of aryl methyl sites for hydroxylation is 1. The first-order valence-corrected chi connectivity index (χ1v) is 13.4. The van der Waals surface area contributed by atoms with Gasteiger partial charge in [-0.1, -0.05) is 60.7 Å². The maximum atomic E-state index is 14.0. The molecule has 1 aliphatic carbocycles. The SMILES string of the molecule is Cc1ccc(CC(=O)C2CC3CCCC(C2)N3C(=O)OCC2c3ccccc3-c3ccccc32)cc1F. The minimum atomic E-state index is -0.271. The summed E-state index contributed by atoms with van der Waals surface area (Å²) in [6.07, 6.45) is 4.15. The summed E-state index contributed by atoms with van der Waals surface area (Å²) in [4.78, 5) is 28.5. The van der Waals surface area contributed by atoms with Crippen molar-refractivity contribution in [2.45, 2.75) is 63.5 Å². The molecule has 4 nitrogen and oxygen atoms in total. The van der Waals surface area contributed by atoms with Crippen LogP contribution in [0.4, 0.5) is 9.18 Å². The summed E-state index contributed by atoms with van der Waals surface area (Å²) in [5, 5.41) is 0. The second-order valence-electron chi connectivity index (χ2n) is 10.8.